The zero-order chi connectivity index (χ0) is 24.7. The zero-order valence-electron chi connectivity index (χ0n) is 19.0. The molecule has 1 atom stereocenters. The van der Waals surface area contributed by atoms with Gasteiger partial charge in [-0.2, -0.15) is 10.2 Å². The number of halogens is 2. The number of carbonyl (C=O) groups excluding carboxylic acids is 2. The van der Waals surface area contributed by atoms with Crippen LogP contribution in [0.5, 0.6) is 0 Å². The molecule has 4 rings (SSSR count). The summed E-state index contributed by atoms with van der Waals surface area (Å²) in [5, 5.41) is 11.6. The van der Waals surface area contributed by atoms with E-state index < -0.39 is 30.0 Å². The van der Waals surface area contributed by atoms with Crippen molar-refractivity contribution in [2.24, 2.45) is 5.73 Å². The first-order valence-corrected chi connectivity index (χ1v) is 11.3. The Hall–Kier alpha value is -3.67. The fourth-order valence-electron chi connectivity index (χ4n) is 3.89. The highest BCUT2D eigenvalue weighted by atomic mass is 32.1. The fourth-order valence-corrected chi connectivity index (χ4v) is 4.90. The predicted octanol–water partition coefficient (Wildman–Crippen LogP) is 4.23. The van der Waals surface area contributed by atoms with Crippen molar-refractivity contribution in [2.75, 3.05) is 5.32 Å². The molecule has 0 spiro atoms. The number of anilines is 1. The van der Waals surface area contributed by atoms with Gasteiger partial charge in [-0.15, -0.1) is 11.3 Å². The van der Waals surface area contributed by atoms with E-state index in [1.807, 2.05) is 20.8 Å². The molecule has 0 bridgehead atoms. The van der Waals surface area contributed by atoms with Crippen LogP contribution >= 0.6 is 11.3 Å². The van der Waals surface area contributed by atoms with Crippen molar-refractivity contribution in [2.45, 2.75) is 46.7 Å². The Kier molecular flexibility index (Phi) is 6.17. The molecule has 0 aliphatic carbocycles. The van der Waals surface area contributed by atoms with E-state index in [-0.39, 0.29) is 15.4 Å². The average molecular weight is 488 g/mol. The van der Waals surface area contributed by atoms with Crippen molar-refractivity contribution in [1.82, 2.24) is 24.5 Å². The molecule has 4 heterocycles. The Balaban J connectivity index is 1.94. The number of amides is 2. The van der Waals surface area contributed by atoms with Crippen LogP contribution in [0.2, 0.25) is 0 Å². The van der Waals surface area contributed by atoms with Gasteiger partial charge in [-0.25, -0.2) is 13.8 Å². The first-order valence-electron chi connectivity index (χ1n) is 10.5. The standard InChI is InChI=1S/C22H23F2N7O2S/c1-5-30-11(3)14(9-27-30)13-8-15(19(23)24)28-22-16(13)17(18(34-22)20(25)32)29-21(33)12(4)31-10(2)6-7-26-31/h6-9,12,19H,5H2,1-4H3,(H2,25,32)(H,29,33). The summed E-state index contributed by atoms with van der Waals surface area (Å²) in [6, 6.07) is 2.33. The van der Waals surface area contributed by atoms with Crippen molar-refractivity contribution in [1.29, 1.82) is 0 Å². The van der Waals surface area contributed by atoms with E-state index in [1.54, 1.807) is 30.1 Å². The van der Waals surface area contributed by atoms with E-state index in [9.17, 15) is 18.4 Å². The molecule has 34 heavy (non-hydrogen) atoms. The monoisotopic (exact) mass is 487 g/mol. The van der Waals surface area contributed by atoms with Gasteiger partial charge in [-0.1, -0.05) is 0 Å². The Labute approximate surface area is 197 Å². The van der Waals surface area contributed by atoms with E-state index in [2.05, 4.69) is 20.5 Å². The number of primary amides is 1. The number of aromatic nitrogens is 5. The van der Waals surface area contributed by atoms with Gasteiger partial charge in [-0.3, -0.25) is 19.0 Å². The summed E-state index contributed by atoms with van der Waals surface area (Å²) in [6.07, 6.45) is 0.326. The lowest BCUT2D eigenvalue weighted by Crippen LogP contribution is -2.26. The van der Waals surface area contributed by atoms with Crippen LogP contribution in [0.25, 0.3) is 21.3 Å². The fraction of sp³-hybridized carbons (Fsp3) is 0.318. The highest BCUT2D eigenvalue weighted by molar-refractivity contribution is 7.21. The number of hydrogen-bond donors (Lipinski definition) is 2. The largest absolute Gasteiger partial charge is 0.365 e. The lowest BCUT2D eigenvalue weighted by Gasteiger charge is -2.16. The van der Waals surface area contributed by atoms with Crippen LogP contribution in [0, 0.1) is 13.8 Å². The van der Waals surface area contributed by atoms with Crippen LogP contribution in [0.15, 0.2) is 24.5 Å². The quantitative estimate of drug-likeness (QED) is 0.404. The second-order valence-electron chi connectivity index (χ2n) is 7.79. The van der Waals surface area contributed by atoms with Crippen LogP contribution in [0.4, 0.5) is 14.5 Å². The Morgan fingerprint density at radius 1 is 1.24 bits per heavy atom. The molecule has 4 aromatic rings. The number of nitrogens with zero attached hydrogens (tertiary/aromatic N) is 5. The molecule has 0 radical (unpaired) electrons. The van der Waals surface area contributed by atoms with Crippen molar-refractivity contribution in [3.63, 3.8) is 0 Å². The molecule has 4 aromatic heterocycles. The van der Waals surface area contributed by atoms with Crippen LogP contribution < -0.4 is 11.1 Å². The minimum Gasteiger partial charge on any atom is -0.365 e. The summed E-state index contributed by atoms with van der Waals surface area (Å²) in [4.78, 5) is 29.7. The molecule has 0 aliphatic rings. The number of nitrogens with one attached hydrogen (secondary N) is 1. The topological polar surface area (TPSA) is 121 Å². The second kappa shape index (κ2) is 8.93. The predicted molar refractivity (Wildman–Crippen MR) is 125 cm³/mol. The smallest absolute Gasteiger partial charge is 0.280 e. The highest BCUT2D eigenvalue weighted by Gasteiger charge is 2.27. The second-order valence-corrected chi connectivity index (χ2v) is 8.79. The van der Waals surface area contributed by atoms with Crippen molar-refractivity contribution in [3.8, 4) is 11.1 Å². The van der Waals surface area contributed by atoms with Gasteiger partial charge in [0.05, 0.1) is 11.9 Å². The van der Waals surface area contributed by atoms with Gasteiger partial charge in [0, 0.05) is 35.1 Å². The molecule has 2 amide bonds. The van der Waals surface area contributed by atoms with Gasteiger partial charge < -0.3 is 11.1 Å². The molecule has 178 valence electrons. The highest BCUT2D eigenvalue weighted by Crippen LogP contribution is 2.43. The Morgan fingerprint density at radius 2 is 1.97 bits per heavy atom. The summed E-state index contributed by atoms with van der Waals surface area (Å²) in [5.41, 5.74) is 7.81. The number of thiophene rings is 1. The number of carbonyl (C=O) groups is 2. The third-order valence-corrected chi connectivity index (χ3v) is 6.78. The summed E-state index contributed by atoms with van der Waals surface area (Å²) in [6.45, 7) is 7.80. The Morgan fingerprint density at radius 3 is 2.53 bits per heavy atom. The molecule has 0 aliphatic heterocycles. The molecule has 3 N–H and O–H groups in total. The number of nitrogens with two attached hydrogens (primary N) is 1. The molecule has 0 fully saturated rings. The van der Waals surface area contributed by atoms with Crippen LogP contribution in [0.1, 0.15) is 53.1 Å². The van der Waals surface area contributed by atoms with E-state index in [0.29, 0.717) is 23.1 Å². The van der Waals surface area contributed by atoms with Gasteiger partial charge in [0.2, 0.25) is 5.91 Å². The number of aryl methyl sites for hydroxylation is 2. The number of hydrogen-bond acceptors (Lipinski definition) is 6. The minimum atomic E-state index is -2.83. The zero-order valence-corrected chi connectivity index (χ0v) is 19.8. The summed E-state index contributed by atoms with van der Waals surface area (Å²) in [7, 11) is 0. The van der Waals surface area contributed by atoms with Gasteiger partial charge in [0.15, 0.2) is 0 Å². The third-order valence-electron chi connectivity index (χ3n) is 5.68. The van der Waals surface area contributed by atoms with Crippen LogP contribution in [-0.2, 0) is 11.3 Å². The number of fused-ring (bicyclic) bond motifs is 1. The maximum absolute atomic E-state index is 13.7. The molecular formula is C22H23F2N7O2S. The number of rotatable bonds is 7. The maximum atomic E-state index is 13.7. The SMILES string of the molecule is CCn1ncc(-c2cc(C(F)F)nc3sc(C(N)=O)c(NC(=O)C(C)n4nccc4C)c23)c1C. The molecule has 0 saturated carbocycles. The van der Waals surface area contributed by atoms with E-state index in [0.717, 1.165) is 22.7 Å². The maximum Gasteiger partial charge on any atom is 0.280 e. The van der Waals surface area contributed by atoms with Crippen LogP contribution in [-0.4, -0.2) is 36.4 Å². The first-order chi connectivity index (χ1) is 16.1. The molecule has 0 saturated heterocycles. The Bertz CT molecular complexity index is 1410. The molecule has 9 nitrogen and oxygen atoms in total. The van der Waals surface area contributed by atoms with Crippen molar-refractivity contribution >= 4 is 39.1 Å². The third kappa shape index (κ3) is 3.94. The van der Waals surface area contributed by atoms with Gasteiger partial charge >= 0.3 is 0 Å². The van der Waals surface area contributed by atoms with Gasteiger partial charge in [0.25, 0.3) is 12.3 Å². The average Bonchev–Trinajstić information content (AvgIpc) is 3.49. The number of alkyl halides is 2. The van der Waals surface area contributed by atoms with Crippen molar-refractivity contribution in [3.05, 3.63) is 46.5 Å². The summed E-state index contributed by atoms with van der Waals surface area (Å²) in [5.74, 6) is -1.24. The number of pyridine rings is 1. The van der Waals surface area contributed by atoms with Crippen LogP contribution in [0.3, 0.4) is 0 Å². The van der Waals surface area contributed by atoms with Gasteiger partial charge in [-0.05, 0) is 45.4 Å². The minimum absolute atomic E-state index is 0.0217. The lowest BCUT2D eigenvalue weighted by atomic mass is 10.0. The summed E-state index contributed by atoms with van der Waals surface area (Å²) >= 11 is 0.862. The molecule has 0 aromatic carbocycles. The van der Waals surface area contributed by atoms with Gasteiger partial charge in [0.1, 0.15) is 21.4 Å². The van der Waals surface area contributed by atoms with Crippen molar-refractivity contribution < 1.29 is 18.4 Å². The first kappa shape index (κ1) is 23.5. The van der Waals surface area contributed by atoms with E-state index in [1.165, 1.54) is 10.7 Å². The molecule has 12 heteroatoms. The molecular weight excluding hydrogens is 464 g/mol. The van der Waals surface area contributed by atoms with E-state index in [4.69, 9.17) is 5.73 Å². The molecule has 1 unspecified atom stereocenters. The lowest BCUT2D eigenvalue weighted by molar-refractivity contribution is -0.119. The van der Waals surface area contributed by atoms with E-state index >= 15 is 0 Å². The summed E-state index contributed by atoms with van der Waals surface area (Å²) < 4.78 is 30.6. The normalized spacial score (nSPS) is 12.4.